The molecular weight excluding hydrogens is 370 g/mol. The topological polar surface area (TPSA) is 119 Å². The molecule has 0 aliphatic heterocycles. The number of nitrogens with zero attached hydrogens (tertiary/aromatic N) is 4. The summed E-state index contributed by atoms with van der Waals surface area (Å²) in [6.07, 6.45) is 1.36. The SMILES string of the molecule is O=C(NNS(=O)(=O)c1ccc(F)cc1F)c1ccc(-n2cnnn2)cc1. The van der Waals surface area contributed by atoms with Crippen molar-refractivity contribution in [2.24, 2.45) is 0 Å². The van der Waals surface area contributed by atoms with Crippen LogP contribution in [0.2, 0.25) is 0 Å². The van der Waals surface area contributed by atoms with E-state index in [4.69, 9.17) is 0 Å². The number of nitrogens with one attached hydrogen (secondary N) is 2. The molecular formula is C14H10F2N6O3S. The van der Waals surface area contributed by atoms with Crippen molar-refractivity contribution >= 4 is 15.9 Å². The molecule has 0 saturated heterocycles. The smallest absolute Gasteiger partial charge is 0.266 e. The monoisotopic (exact) mass is 380 g/mol. The van der Waals surface area contributed by atoms with Crippen LogP contribution in [0.15, 0.2) is 53.7 Å². The molecule has 12 heteroatoms. The number of hydrogen-bond donors (Lipinski definition) is 2. The molecule has 3 aromatic rings. The van der Waals surface area contributed by atoms with E-state index in [0.717, 1.165) is 12.1 Å². The van der Waals surface area contributed by atoms with Gasteiger partial charge in [-0.15, -0.1) is 9.93 Å². The Morgan fingerprint density at radius 2 is 1.81 bits per heavy atom. The van der Waals surface area contributed by atoms with Crippen LogP contribution in [0.4, 0.5) is 8.78 Å². The van der Waals surface area contributed by atoms with Gasteiger partial charge in [-0.2, -0.15) is 0 Å². The van der Waals surface area contributed by atoms with Crippen molar-refractivity contribution in [2.75, 3.05) is 0 Å². The predicted octanol–water partition coefficient (Wildman–Crippen LogP) is 0.564. The van der Waals surface area contributed by atoms with Crippen molar-refractivity contribution in [1.82, 2.24) is 30.5 Å². The fourth-order valence-electron chi connectivity index (χ4n) is 1.98. The summed E-state index contributed by atoms with van der Waals surface area (Å²) in [4.78, 5) is 13.0. The molecule has 3 rings (SSSR count). The van der Waals surface area contributed by atoms with Gasteiger partial charge < -0.3 is 0 Å². The van der Waals surface area contributed by atoms with Crippen LogP contribution in [0.5, 0.6) is 0 Å². The number of halogens is 2. The number of hydrazine groups is 1. The Morgan fingerprint density at radius 1 is 1.08 bits per heavy atom. The quantitative estimate of drug-likeness (QED) is 0.625. The summed E-state index contributed by atoms with van der Waals surface area (Å²) in [5, 5.41) is 10.6. The summed E-state index contributed by atoms with van der Waals surface area (Å²) in [6, 6.07) is 7.88. The first-order chi connectivity index (χ1) is 12.4. The van der Waals surface area contributed by atoms with Gasteiger partial charge in [0, 0.05) is 11.6 Å². The van der Waals surface area contributed by atoms with Crippen LogP contribution in [0.1, 0.15) is 10.4 Å². The number of rotatable bonds is 5. The molecule has 0 unspecified atom stereocenters. The first kappa shape index (κ1) is 17.6. The van der Waals surface area contributed by atoms with Gasteiger partial charge in [-0.25, -0.2) is 21.9 Å². The van der Waals surface area contributed by atoms with E-state index < -0.39 is 32.5 Å². The molecule has 0 radical (unpaired) electrons. The largest absolute Gasteiger partial charge is 0.273 e. The molecule has 0 atom stereocenters. The molecule has 26 heavy (non-hydrogen) atoms. The summed E-state index contributed by atoms with van der Waals surface area (Å²) in [5.41, 5.74) is 2.66. The van der Waals surface area contributed by atoms with Crippen LogP contribution in [0.3, 0.4) is 0 Å². The highest BCUT2D eigenvalue weighted by atomic mass is 32.2. The average molecular weight is 380 g/mol. The molecule has 134 valence electrons. The number of hydrogen-bond acceptors (Lipinski definition) is 6. The van der Waals surface area contributed by atoms with Gasteiger partial charge in [0.15, 0.2) is 0 Å². The number of carbonyl (C=O) groups excluding carboxylic acids is 1. The first-order valence-corrected chi connectivity index (χ1v) is 8.46. The fraction of sp³-hybridized carbons (Fsp3) is 0. The molecule has 0 aliphatic rings. The zero-order valence-electron chi connectivity index (χ0n) is 12.8. The third-order valence-electron chi connectivity index (χ3n) is 3.23. The Bertz CT molecular complexity index is 1040. The molecule has 0 fully saturated rings. The van der Waals surface area contributed by atoms with Gasteiger partial charge in [-0.05, 0) is 46.8 Å². The van der Waals surface area contributed by atoms with Gasteiger partial charge in [0.1, 0.15) is 22.9 Å². The highest BCUT2D eigenvalue weighted by molar-refractivity contribution is 7.89. The van der Waals surface area contributed by atoms with Gasteiger partial charge in [-0.1, -0.05) is 0 Å². The Balaban J connectivity index is 1.70. The maximum Gasteiger partial charge on any atom is 0.266 e. The lowest BCUT2D eigenvalue weighted by molar-refractivity contribution is 0.0945. The Hall–Kier alpha value is -3.25. The maximum absolute atomic E-state index is 13.6. The van der Waals surface area contributed by atoms with E-state index in [9.17, 15) is 22.0 Å². The minimum Gasteiger partial charge on any atom is -0.273 e. The summed E-state index contributed by atoms with van der Waals surface area (Å²) < 4.78 is 51.8. The molecule has 2 N–H and O–H groups in total. The van der Waals surface area contributed by atoms with Crippen LogP contribution < -0.4 is 10.3 Å². The predicted molar refractivity (Wildman–Crippen MR) is 83.3 cm³/mol. The Kier molecular flexibility index (Phi) is 4.69. The van der Waals surface area contributed by atoms with E-state index in [1.54, 1.807) is 17.0 Å². The standard InChI is InChI=1S/C14H10F2N6O3S/c15-10-3-6-13(12(16)7-10)26(24,25)21-18-14(23)9-1-4-11(5-2-9)22-8-17-19-20-22/h1-8,21H,(H,18,23). The molecule has 1 aromatic heterocycles. The van der Waals surface area contributed by atoms with Gasteiger partial charge in [0.25, 0.3) is 15.9 Å². The van der Waals surface area contributed by atoms with Crippen LogP contribution >= 0.6 is 0 Å². The lowest BCUT2D eigenvalue weighted by Gasteiger charge is -2.09. The molecule has 1 amide bonds. The van der Waals surface area contributed by atoms with E-state index in [-0.39, 0.29) is 5.56 Å². The van der Waals surface area contributed by atoms with Crippen LogP contribution in [0.25, 0.3) is 5.69 Å². The lowest BCUT2D eigenvalue weighted by Crippen LogP contribution is -2.41. The molecule has 2 aromatic carbocycles. The Labute approximate surface area is 145 Å². The molecule has 0 bridgehead atoms. The molecule has 0 spiro atoms. The zero-order valence-corrected chi connectivity index (χ0v) is 13.6. The van der Waals surface area contributed by atoms with Crippen molar-refractivity contribution < 1.29 is 22.0 Å². The van der Waals surface area contributed by atoms with E-state index in [1.165, 1.54) is 23.1 Å². The number of carbonyl (C=O) groups is 1. The third kappa shape index (κ3) is 3.70. The summed E-state index contributed by atoms with van der Waals surface area (Å²) in [6.45, 7) is 0. The number of tetrazole rings is 1. The minimum atomic E-state index is -4.41. The van der Waals surface area contributed by atoms with Crippen LogP contribution in [0, 0.1) is 11.6 Å². The van der Waals surface area contributed by atoms with Crippen molar-refractivity contribution in [3.05, 3.63) is 66.0 Å². The van der Waals surface area contributed by atoms with Crippen LogP contribution in [-0.2, 0) is 10.0 Å². The van der Waals surface area contributed by atoms with Crippen molar-refractivity contribution in [1.29, 1.82) is 0 Å². The minimum absolute atomic E-state index is 0.129. The first-order valence-electron chi connectivity index (χ1n) is 6.97. The Morgan fingerprint density at radius 3 is 2.42 bits per heavy atom. The van der Waals surface area contributed by atoms with E-state index >= 15 is 0 Å². The molecule has 0 saturated carbocycles. The summed E-state index contributed by atoms with van der Waals surface area (Å²) in [5.74, 6) is -2.98. The molecule has 0 aliphatic carbocycles. The molecule has 9 nitrogen and oxygen atoms in total. The van der Waals surface area contributed by atoms with Gasteiger partial charge in [-0.3, -0.25) is 10.2 Å². The van der Waals surface area contributed by atoms with Gasteiger partial charge in [0.05, 0.1) is 5.69 Å². The molecule has 1 heterocycles. The highest BCUT2D eigenvalue weighted by Gasteiger charge is 2.20. The maximum atomic E-state index is 13.6. The lowest BCUT2D eigenvalue weighted by atomic mass is 10.2. The second-order valence-electron chi connectivity index (χ2n) is 4.94. The second-order valence-corrected chi connectivity index (χ2v) is 6.59. The van der Waals surface area contributed by atoms with Crippen molar-refractivity contribution in [2.45, 2.75) is 4.90 Å². The van der Waals surface area contributed by atoms with E-state index in [1.807, 2.05) is 5.43 Å². The number of aromatic nitrogens is 4. The number of benzene rings is 2. The number of sulfonamides is 1. The average Bonchev–Trinajstić information content (AvgIpc) is 3.14. The summed E-state index contributed by atoms with van der Waals surface area (Å²) in [7, 11) is -4.41. The van der Waals surface area contributed by atoms with Crippen molar-refractivity contribution in [3.63, 3.8) is 0 Å². The van der Waals surface area contributed by atoms with Gasteiger partial charge >= 0.3 is 0 Å². The summed E-state index contributed by atoms with van der Waals surface area (Å²) >= 11 is 0. The zero-order chi connectivity index (χ0) is 18.7. The van der Waals surface area contributed by atoms with Crippen LogP contribution in [-0.4, -0.2) is 34.5 Å². The van der Waals surface area contributed by atoms with E-state index in [0.29, 0.717) is 11.8 Å². The second kappa shape index (κ2) is 6.93. The van der Waals surface area contributed by atoms with E-state index in [2.05, 4.69) is 15.5 Å². The highest BCUT2D eigenvalue weighted by Crippen LogP contribution is 2.15. The normalized spacial score (nSPS) is 11.3. The third-order valence-corrected chi connectivity index (χ3v) is 4.51. The number of amides is 1. The fourth-order valence-corrected chi connectivity index (χ4v) is 2.88. The van der Waals surface area contributed by atoms with Crippen molar-refractivity contribution in [3.8, 4) is 5.69 Å². The van der Waals surface area contributed by atoms with Gasteiger partial charge in [0.2, 0.25) is 0 Å².